The summed E-state index contributed by atoms with van der Waals surface area (Å²) in [5.41, 5.74) is 4.31. The van der Waals surface area contributed by atoms with E-state index >= 15 is 0 Å². The molecular formula is C25H29NO3S. The molecule has 30 heavy (non-hydrogen) atoms. The number of nitrogens with zero attached hydrogens (tertiary/aromatic N) is 1. The van der Waals surface area contributed by atoms with Gasteiger partial charge in [-0.25, -0.2) is 4.79 Å². The molecule has 4 nitrogen and oxygen atoms in total. The van der Waals surface area contributed by atoms with Crippen molar-refractivity contribution in [3.63, 3.8) is 0 Å². The van der Waals surface area contributed by atoms with Crippen LogP contribution in [0.3, 0.4) is 0 Å². The van der Waals surface area contributed by atoms with Crippen molar-refractivity contribution >= 4 is 27.7 Å². The summed E-state index contributed by atoms with van der Waals surface area (Å²) >= 11 is 0. The molecular weight excluding hydrogens is 394 g/mol. The van der Waals surface area contributed by atoms with Crippen LogP contribution in [0.25, 0.3) is 10.9 Å². The predicted molar refractivity (Wildman–Crippen MR) is 121 cm³/mol. The van der Waals surface area contributed by atoms with Crippen molar-refractivity contribution in [3.05, 3.63) is 65.4 Å². The van der Waals surface area contributed by atoms with Crippen molar-refractivity contribution in [2.45, 2.75) is 63.0 Å². The molecule has 158 valence electrons. The first-order valence-electron chi connectivity index (χ1n) is 10.5. The van der Waals surface area contributed by atoms with E-state index in [0.29, 0.717) is 0 Å². The fourth-order valence-corrected chi connectivity index (χ4v) is 4.92. The molecule has 0 amide bonds. The number of para-hydroxylation sites is 1. The van der Waals surface area contributed by atoms with Crippen LogP contribution in [0.5, 0.6) is 0 Å². The molecule has 0 saturated heterocycles. The van der Waals surface area contributed by atoms with Crippen LogP contribution in [0, 0.1) is 0 Å². The van der Waals surface area contributed by atoms with Crippen molar-refractivity contribution in [1.29, 1.82) is 0 Å². The van der Waals surface area contributed by atoms with Crippen LogP contribution in [-0.4, -0.2) is 26.6 Å². The SMILES string of the molecule is CS(=O)c1ccc(Cc2c3n(c4ccccc24)C(C(=O)OC(C)(C)C)CCC3)cc1. The molecule has 4 rings (SSSR count). The number of hydrogen-bond acceptors (Lipinski definition) is 3. The summed E-state index contributed by atoms with van der Waals surface area (Å²) in [6.45, 7) is 5.75. The van der Waals surface area contributed by atoms with Gasteiger partial charge in [-0.2, -0.15) is 0 Å². The first-order chi connectivity index (χ1) is 14.2. The number of fused-ring (bicyclic) bond motifs is 3. The molecule has 1 aliphatic rings. The number of carbonyl (C=O) groups excluding carboxylic acids is 1. The third-order valence-electron chi connectivity index (χ3n) is 5.65. The van der Waals surface area contributed by atoms with Crippen LogP contribution >= 0.6 is 0 Å². The van der Waals surface area contributed by atoms with Gasteiger partial charge in [0.1, 0.15) is 11.6 Å². The first kappa shape index (κ1) is 20.9. The molecule has 2 atom stereocenters. The van der Waals surface area contributed by atoms with E-state index in [9.17, 15) is 9.00 Å². The zero-order valence-corrected chi connectivity index (χ0v) is 18.9. The third-order valence-corrected chi connectivity index (χ3v) is 6.58. The van der Waals surface area contributed by atoms with Crippen molar-refractivity contribution < 1.29 is 13.7 Å². The zero-order chi connectivity index (χ0) is 21.5. The van der Waals surface area contributed by atoms with Crippen LogP contribution in [-0.2, 0) is 33.2 Å². The molecule has 1 aromatic heterocycles. The minimum absolute atomic E-state index is 0.148. The number of benzene rings is 2. The van der Waals surface area contributed by atoms with E-state index < -0.39 is 16.4 Å². The summed E-state index contributed by atoms with van der Waals surface area (Å²) < 4.78 is 19.7. The second-order valence-electron chi connectivity index (χ2n) is 9.03. The van der Waals surface area contributed by atoms with Crippen LogP contribution in [0.4, 0.5) is 0 Å². The second-order valence-corrected chi connectivity index (χ2v) is 10.4. The van der Waals surface area contributed by atoms with Crippen molar-refractivity contribution in [2.75, 3.05) is 6.26 Å². The van der Waals surface area contributed by atoms with E-state index in [-0.39, 0.29) is 12.0 Å². The Morgan fingerprint density at radius 1 is 1.13 bits per heavy atom. The Morgan fingerprint density at radius 3 is 2.50 bits per heavy atom. The van der Waals surface area contributed by atoms with Gasteiger partial charge in [0.25, 0.3) is 0 Å². The van der Waals surface area contributed by atoms with Crippen LogP contribution in [0.15, 0.2) is 53.4 Å². The minimum Gasteiger partial charge on any atom is -0.458 e. The predicted octanol–water partition coefficient (Wildman–Crippen LogP) is 5.19. The average Bonchev–Trinajstić information content (AvgIpc) is 3.01. The molecule has 0 saturated carbocycles. The van der Waals surface area contributed by atoms with Gasteiger partial charge in [-0.3, -0.25) is 4.21 Å². The highest BCUT2D eigenvalue weighted by molar-refractivity contribution is 7.84. The molecule has 0 aliphatic carbocycles. The lowest BCUT2D eigenvalue weighted by Gasteiger charge is -2.29. The van der Waals surface area contributed by atoms with Crippen LogP contribution in [0.1, 0.15) is 56.5 Å². The van der Waals surface area contributed by atoms with Gasteiger partial charge >= 0.3 is 5.97 Å². The van der Waals surface area contributed by atoms with E-state index in [0.717, 1.165) is 36.1 Å². The van der Waals surface area contributed by atoms with Gasteiger partial charge in [-0.15, -0.1) is 0 Å². The van der Waals surface area contributed by atoms with Gasteiger partial charge in [-0.05, 0) is 75.8 Å². The largest absolute Gasteiger partial charge is 0.458 e. The highest BCUT2D eigenvalue weighted by atomic mass is 32.2. The number of rotatable bonds is 4. The molecule has 0 spiro atoms. The normalized spacial score (nSPS) is 17.5. The van der Waals surface area contributed by atoms with Crippen molar-refractivity contribution in [1.82, 2.24) is 4.57 Å². The second kappa shape index (κ2) is 8.03. The third kappa shape index (κ3) is 4.08. The number of esters is 1. The van der Waals surface area contributed by atoms with Gasteiger partial charge in [0, 0.05) is 38.5 Å². The van der Waals surface area contributed by atoms with Crippen LogP contribution in [0.2, 0.25) is 0 Å². The summed E-state index contributed by atoms with van der Waals surface area (Å²) in [4.78, 5) is 13.9. The number of carbonyl (C=O) groups is 1. The van der Waals surface area contributed by atoms with Gasteiger partial charge in [0.05, 0.1) is 0 Å². The van der Waals surface area contributed by atoms with Crippen LogP contribution < -0.4 is 0 Å². The fourth-order valence-electron chi connectivity index (χ4n) is 4.40. The van der Waals surface area contributed by atoms with E-state index in [4.69, 9.17) is 4.74 Å². The Bertz CT molecular complexity index is 1110. The van der Waals surface area contributed by atoms with Gasteiger partial charge in [-0.1, -0.05) is 30.3 Å². The summed E-state index contributed by atoms with van der Waals surface area (Å²) in [6, 6.07) is 16.1. The molecule has 0 bridgehead atoms. The van der Waals surface area contributed by atoms with Gasteiger partial charge in [0.2, 0.25) is 0 Å². The van der Waals surface area contributed by atoms with Gasteiger partial charge < -0.3 is 9.30 Å². The lowest BCUT2D eigenvalue weighted by Crippen LogP contribution is -2.32. The Hall–Kier alpha value is -2.40. The topological polar surface area (TPSA) is 48.3 Å². The highest BCUT2D eigenvalue weighted by Crippen LogP contribution is 2.38. The number of hydrogen-bond donors (Lipinski definition) is 0. The van der Waals surface area contributed by atoms with Crippen molar-refractivity contribution in [3.8, 4) is 0 Å². The molecule has 2 unspecified atom stereocenters. The summed E-state index contributed by atoms with van der Waals surface area (Å²) in [7, 11) is -0.974. The number of aromatic nitrogens is 1. The zero-order valence-electron chi connectivity index (χ0n) is 18.1. The average molecular weight is 424 g/mol. The molecule has 0 fully saturated rings. The standard InChI is InChI=1S/C25H29NO3S/c1-25(2,3)29-24(27)23-11-7-10-22-20(19-8-5-6-9-21(19)26(22)23)16-17-12-14-18(15-13-17)30(4)28/h5-6,8-9,12-15,23H,7,10-11,16H2,1-4H3. The van der Waals surface area contributed by atoms with E-state index in [1.54, 1.807) is 6.26 Å². The lowest BCUT2D eigenvalue weighted by atomic mass is 9.96. The molecule has 2 aromatic carbocycles. The lowest BCUT2D eigenvalue weighted by molar-refractivity contribution is -0.159. The highest BCUT2D eigenvalue weighted by Gasteiger charge is 2.33. The molecule has 1 aliphatic heterocycles. The maximum absolute atomic E-state index is 13.0. The Balaban J connectivity index is 1.77. The summed E-state index contributed by atoms with van der Waals surface area (Å²) in [5.74, 6) is -0.148. The molecule has 2 heterocycles. The Labute approximate surface area is 180 Å². The molecule has 5 heteroatoms. The quantitative estimate of drug-likeness (QED) is 0.543. The summed E-state index contributed by atoms with van der Waals surface area (Å²) in [6.07, 6.45) is 5.22. The minimum atomic E-state index is -0.974. The maximum Gasteiger partial charge on any atom is 0.329 e. The Kier molecular flexibility index (Phi) is 5.58. The maximum atomic E-state index is 13.0. The van der Waals surface area contributed by atoms with Gasteiger partial charge in [0.15, 0.2) is 0 Å². The smallest absolute Gasteiger partial charge is 0.329 e. The monoisotopic (exact) mass is 423 g/mol. The first-order valence-corrected chi connectivity index (χ1v) is 12.1. The molecule has 0 radical (unpaired) electrons. The number of ether oxygens (including phenoxy) is 1. The molecule has 0 N–H and O–H groups in total. The Morgan fingerprint density at radius 2 is 1.83 bits per heavy atom. The fraction of sp³-hybridized carbons (Fsp3) is 0.400. The van der Waals surface area contributed by atoms with Crippen molar-refractivity contribution in [2.24, 2.45) is 0 Å². The molecule has 3 aromatic rings. The summed E-state index contributed by atoms with van der Waals surface area (Å²) in [5, 5.41) is 1.20. The van der Waals surface area contributed by atoms with E-state index in [2.05, 4.69) is 34.9 Å². The van der Waals surface area contributed by atoms with E-state index in [1.807, 2.05) is 39.0 Å². The van der Waals surface area contributed by atoms with E-state index in [1.165, 1.54) is 22.2 Å².